The molecule has 0 spiro atoms. The van der Waals surface area contributed by atoms with Crippen LogP contribution in [-0.2, 0) is 20.0 Å². The lowest BCUT2D eigenvalue weighted by molar-refractivity contribution is 0.394. The number of rotatable bonds is 6. The van der Waals surface area contributed by atoms with Crippen molar-refractivity contribution in [3.63, 3.8) is 0 Å². The van der Waals surface area contributed by atoms with Crippen LogP contribution in [-0.4, -0.2) is 47.8 Å². The van der Waals surface area contributed by atoms with Crippen LogP contribution >= 0.6 is 0 Å². The van der Waals surface area contributed by atoms with Gasteiger partial charge in [0.15, 0.2) is 0 Å². The molecular formula is C11H19N3O4S2. The molecule has 1 aromatic rings. The highest BCUT2D eigenvalue weighted by Crippen LogP contribution is 2.18. The number of nitrogens with zero attached hydrogens (tertiary/aromatic N) is 1. The number of nitrogens with one attached hydrogen (secondary N) is 1. The number of likely N-dealkylation sites (N-methyl/N-ethyl adjacent to an activating group) is 1. The zero-order valence-corrected chi connectivity index (χ0v) is 13.2. The summed E-state index contributed by atoms with van der Waals surface area (Å²) in [5.74, 6) is 0. The van der Waals surface area contributed by atoms with Gasteiger partial charge in [-0.05, 0) is 38.2 Å². The van der Waals surface area contributed by atoms with Gasteiger partial charge in [0.1, 0.15) is 0 Å². The molecule has 0 saturated carbocycles. The van der Waals surface area contributed by atoms with Crippen molar-refractivity contribution in [3.8, 4) is 0 Å². The lowest BCUT2D eigenvalue weighted by Crippen LogP contribution is -2.39. The predicted molar refractivity (Wildman–Crippen MR) is 76.2 cm³/mol. The topological polar surface area (TPSA) is 110 Å². The third kappa shape index (κ3) is 3.36. The molecule has 0 heterocycles. The van der Waals surface area contributed by atoms with Gasteiger partial charge in [-0.3, -0.25) is 0 Å². The largest absolute Gasteiger partial charge is 0.329 e. The molecule has 0 aliphatic carbocycles. The standard InChI is InChI=1S/C11H19N3O4S2/c1-9(8-12)14(3)20(17,18)11-6-4-10(5-7-11)19(15,16)13-2/h4-7,9,13H,8,12H2,1-3H3. The number of hydrogen-bond acceptors (Lipinski definition) is 5. The summed E-state index contributed by atoms with van der Waals surface area (Å²) in [7, 11) is -4.54. The average Bonchev–Trinajstić information content (AvgIpc) is 2.45. The Morgan fingerprint density at radius 1 is 1.15 bits per heavy atom. The molecule has 0 radical (unpaired) electrons. The molecule has 1 rings (SSSR count). The van der Waals surface area contributed by atoms with Crippen molar-refractivity contribution in [2.24, 2.45) is 5.73 Å². The van der Waals surface area contributed by atoms with Gasteiger partial charge in [0.2, 0.25) is 20.0 Å². The molecular weight excluding hydrogens is 302 g/mol. The maximum atomic E-state index is 12.3. The van der Waals surface area contributed by atoms with Gasteiger partial charge in [0.05, 0.1) is 9.79 Å². The maximum Gasteiger partial charge on any atom is 0.243 e. The van der Waals surface area contributed by atoms with Crippen molar-refractivity contribution < 1.29 is 16.8 Å². The fourth-order valence-electron chi connectivity index (χ4n) is 1.46. The first-order valence-corrected chi connectivity index (χ1v) is 8.81. The number of hydrogen-bond donors (Lipinski definition) is 2. The second-order valence-electron chi connectivity index (χ2n) is 4.28. The van der Waals surface area contributed by atoms with Gasteiger partial charge in [-0.15, -0.1) is 0 Å². The number of benzene rings is 1. The lowest BCUT2D eigenvalue weighted by atomic mass is 10.4. The Labute approximate surface area is 119 Å². The first kappa shape index (κ1) is 17.1. The second kappa shape index (κ2) is 6.19. The molecule has 0 fully saturated rings. The van der Waals surface area contributed by atoms with Gasteiger partial charge in [0.25, 0.3) is 0 Å². The van der Waals surface area contributed by atoms with Crippen molar-refractivity contribution in [3.05, 3.63) is 24.3 Å². The monoisotopic (exact) mass is 321 g/mol. The summed E-state index contributed by atoms with van der Waals surface area (Å²) in [5.41, 5.74) is 5.45. The minimum absolute atomic E-state index is 0.00785. The minimum Gasteiger partial charge on any atom is -0.329 e. The third-order valence-corrected chi connectivity index (χ3v) is 6.46. The molecule has 0 aliphatic rings. The van der Waals surface area contributed by atoms with E-state index < -0.39 is 20.0 Å². The van der Waals surface area contributed by atoms with E-state index in [2.05, 4.69) is 4.72 Å². The molecule has 0 aliphatic heterocycles. The zero-order chi connectivity index (χ0) is 15.6. The van der Waals surface area contributed by atoms with E-state index in [1.165, 1.54) is 38.4 Å². The predicted octanol–water partition coefficient (Wildman–Crippen LogP) is -0.438. The third-order valence-electron chi connectivity index (χ3n) is 3.04. The van der Waals surface area contributed by atoms with Gasteiger partial charge >= 0.3 is 0 Å². The lowest BCUT2D eigenvalue weighted by Gasteiger charge is -2.23. The van der Waals surface area contributed by atoms with E-state index in [0.717, 1.165) is 4.31 Å². The summed E-state index contributed by atoms with van der Waals surface area (Å²) in [5, 5.41) is 0. The molecule has 114 valence electrons. The van der Waals surface area contributed by atoms with Crippen molar-refractivity contribution in [2.45, 2.75) is 22.8 Å². The highest BCUT2D eigenvalue weighted by molar-refractivity contribution is 7.89. The first-order chi connectivity index (χ1) is 9.16. The zero-order valence-electron chi connectivity index (χ0n) is 11.6. The van der Waals surface area contributed by atoms with Crippen LogP contribution in [0.3, 0.4) is 0 Å². The quantitative estimate of drug-likeness (QED) is 0.738. The summed E-state index contributed by atoms with van der Waals surface area (Å²) in [6, 6.07) is 4.68. The Hall–Kier alpha value is -1.00. The van der Waals surface area contributed by atoms with Crippen LogP contribution in [0.25, 0.3) is 0 Å². The highest BCUT2D eigenvalue weighted by atomic mass is 32.2. The van der Waals surface area contributed by atoms with Crippen LogP contribution in [0, 0.1) is 0 Å². The normalized spacial score (nSPS) is 14.4. The van der Waals surface area contributed by atoms with Crippen LogP contribution in [0.1, 0.15) is 6.92 Å². The Bertz CT molecular complexity index is 653. The molecule has 0 saturated heterocycles. The van der Waals surface area contributed by atoms with Gasteiger partial charge < -0.3 is 5.73 Å². The molecule has 1 unspecified atom stereocenters. The van der Waals surface area contributed by atoms with Crippen LogP contribution in [0.2, 0.25) is 0 Å². The molecule has 3 N–H and O–H groups in total. The summed E-state index contributed by atoms with van der Waals surface area (Å²) >= 11 is 0. The second-order valence-corrected chi connectivity index (χ2v) is 8.17. The highest BCUT2D eigenvalue weighted by Gasteiger charge is 2.25. The van der Waals surface area contributed by atoms with Gasteiger partial charge in [0, 0.05) is 19.6 Å². The Balaban J connectivity index is 3.17. The van der Waals surface area contributed by atoms with Crippen molar-refractivity contribution in [1.82, 2.24) is 9.03 Å². The van der Waals surface area contributed by atoms with E-state index in [4.69, 9.17) is 5.73 Å². The SMILES string of the molecule is CNS(=O)(=O)c1ccc(S(=O)(=O)N(C)C(C)CN)cc1. The van der Waals surface area contributed by atoms with E-state index in [9.17, 15) is 16.8 Å². The molecule has 9 heteroatoms. The molecule has 0 amide bonds. The number of sulfonamides is 2. The van der Waals surface area contributed by atoms with Crippen molar-refractivity contribution >= 4 is 20.0 Å². The first-order valence-electron chi connectivity index (χ1n) is 5.88. The summed E-state index contributed by atoms with van der Waals surface area (Å²) in [6.07, 6.45) is 0. The fourth-order valence-corrected chi connectivity index (χ4v) is 3.56. The smallest absolute Gasteiger partial charge is 0.243 e. The van der Waals surface area contributed by atoms with Crippen LogP contribution in [0.5, 0.6) is 0 Å². The van der Waals surface area contributed by atoms with E-state index >= 15 is 0 Å². The van der Waals surface area contributed by atoms with Gasteiger partial charge in [-0.2, -0.15) is 4.31 Å². The van der Waals surface area contributed by atoms with Gasteiger partial charge in [-0.1, -0.05) is 0 Å². The Morgan fingerprint density at radius 3 is 2.00 bits per heavy atom. The fraction of sp³-hybridized carbons (Fsp3) is 0.455. The van der Waals surface area contributed by atoms with Crippen LogP contribution in [0.15, 0.2) is 34.1 Å². The molecule has 0 aromatic heterocycles. The van der Waals surface area contributed by atoms with E-state index in [-0.39, 0.29) is 22.4 Å². The van der Waals surface area contributed by atoms with Crippen LogP contribution < -0.4 is 10.5 Å². The summed E-state index contributed by atoms with van der Waals surface area (Å²) in [6.45, 7) is 1.89. The average molecular weight is 321 g/mol. The van der Waals surface area contributed by atoms with Gasteiger partial charge in [-0.25, -0.2) is 21.6 Å². The molecule has 1 aromatic carbocycles. The van der Waals surface area contributed by atoms with E-state index in [1.807, 2.05) is 0 Å². The van der Waals surface area contributed by atoms with E-state index in [1.54, 1.807) is 6.92 Å². The Morgan fingerprint density at radius 2 is 1.60 bits per heavy atom. The molecule has 1 atom stereocenters. The van der Waals surface area contributed by atoms with Crippen molar-refractivity contribution in [2.75, 3.05) is 20.6 Å². The Kier molecular flexibility index (Phi) is 5.27. The van der Waals surface area contributed by atoms with E-state index in [0.29, 0.717) is 0 Å². The molecule has 7 nitrogen and oxygen atoms in total. The number of nitrogens with two attached hydrogens (primary N) is 1. The molecule has 0 bridgehead atoms. The van der Waals surface area contributed by atoms with Crippen molar-refractivity contribution in [1.29, 1.82) is 0 Å². The summed E-state index contributed by atoms with van der Waals surface area (Å²) in [4.78, 5) is 0.0313. The van der Waals surface area contributed by atoms with Crippen LogP contribution in [0.4, 0.5) is 0 Å². The summed E-state index contributed by atoms with van der Waals surface area (Å²) < 4.78 is 51.0. The maximum absolute atomic E-state index is 12.3. The minimum atomic E-state index is -3.68. The molecule has 20 heavy (non-hydrogen) atoms.